The number of carbonyl (C=O) groups is 2. The van der Waals surface area contributed by atoms with Gasteiger partial charge in [-0.25, -0.2) is 0 Å². The molecule has 2 fully saturated rings. The van der Waals surface area contributed by atoms with Gasteiger partial charge < -0.3 is 49.3 Å². The Morgan fingerprint density at radius 3 is 1.43 bits per heavy atom. The number of pyridine rings is 2. The van der Waals surface area contributed by atoms with Crippen LogP contribution in [0.1, 0.15) is 59.1 Å². The van der Waals surface area contributed by atoms with Crippen LogP contribution in [-0.4, -0.2) is 84.9 Å². The number of nitrogens with zero attached hydrogens (tertiary/aromatic N) is 2. The molecule has 0 radical (unpaired) electrons. The van der Waals surface area contributed by atoms with Gasteiger partial charge in [-0.1, -0.05) is 36.4 Å². The van der Waals surface area contributed by atoms with Crippen molar-refractivity contribution >= 4 is 43.8 Å². The minimum Gasteiger partial charge on any atom is -0.481 e. The number of carboxylic acids is 2. The van der Waals surface area contributed by atoms with Crippen LogP contribution in [0.25, 0.3) is 11.1 Å². The van der Waals surface area contributed by atoms with Gasteiger partial charge in [-0.2, -0.15) is 9.97 Å². The van der Waals surface area contributed by atoms with E-state index in [1.807, 2.05) is 24.3 Å². The van der Waals surface area contributed by atoms with Crippen molar-refractivity contribution in [1.82, 2.24) is 20.6 Å². The summed E-state index contributed by atoms with van der Waals surface area (Å²) in [5.41, 5.74) is 8.01. The lowest BCUT2D eigenvalue weighted by atomic mass is 9.92. The average Bonchev–Trinajstić information content (AvgIpc) is 3.17. The first-order chi connectivity index (χ1) is 29.0. The van der Waals surface area contributed by atoms with Crippen molar-refractivity contribution in [3.05, 3.63) is 90.9 Å². The van der Waals surface area contributed by atoms with Crippen LogP contribution in [-0.2, 0) is 45.4 Å². The smallest absolute Gasteiger partial charge is 0.303 e. The van der Waals surface area contributed by atoms with E-state index < -0.39 is 11.9 Å². The standard InChI is InChI=1S/C44H52Br2N4O10/c1-27-31(25-59-43-37(45)15-33(17-47-13-5-11-39(51)52)41(49-43)57-23-29-19-55-20-29)7-3-9-35(27)36-10-4-8-32(28(36)2)26-60-44-38(46)16-34(18-48-14-6-12-40(53)54)42(50-44)58-24-30-21-56-22-30/h3-4,7-10,15-16,29-30,47-48H,5-6,11-14,17-26H2,1-2H3,(H,51,52)(H,53,54). The van der Waals surface area contributed by atoms with Crippen molar-refractivity contribution in [2.45, 2.75) is 65.8 Å². The number of hydrogen-bond acceptors (Lipinski definition) is 12. The van der Waals surface area contributed by atoms with Crippen LogP contribution in [0.2, 0.25) is 0 Å². The molecule has 2 saturated heterocycles. The lowest BCUT2D eigenvalue weighted by molar-refractivity contribution is -0.138. The van der Waals surface area contributed by atoms with Crippen molar-refractivity contribution in [2.24, 2.45) is 11.8 Å². The van der Waals surface area contributed by atoms with Gasteiger partial charge in [0.25, 0.3) is 0 Å². The molecule has 6 rings (SSSR count). The van der Waals surface area contributed by atoms with Crippen LogP contribution in [0.5, 0.6) is 23.5 Å². The van der Waals surface area contributed by atoms with Gasteiger partial charge in [0.15, 0.2) is 0 Å². The second-order valence-corrected chi connectivity index (χ2v) is 16.7. The number of aliphatic carboxylic acids is 2. The van der Waals surface area contributed by atoms with Crippen LogP contribution >= 0.6 is 31.9 Å². The maximum Gasteiger partial charge on any atom is 0.303 e. The number of hydrogen-bond donors (Lipinski definition) is 4. The highest BCUT2D eigenvalue weighted by Crippen LogP contribution is 2.35. The monoisotopic (exact) mass is 954 g/mol. The third-order valence-electron chi connectivity index (χ3n) is 10.3. The third kappa shape index (κ3) is 12.8. The van der Waals surface area contributed by atoms with E-state index >= 15 is 0 Å². The van der Waals surface area contributed by atoms with Gasteiger partial charge in [-0.05, 0) is 117 Å². The van der Waals surface area contributed by atoms with E-state index in [2.05, 4.69) is 80.6 Å². The van der Waals surface area contributed by atoms with E-state index in [4.69, 9.17) is 48.6 Å². The maximum absolute atomic E-state index is 10.9. The summed E-state index contributed by atoms with van der Waals surface area (Å²) in [5.74, 6) is 0.751. The van der Waals surface area contributed by atoms with E-state index in [0.717, 1.165) is 44.5 Å². The Labute approximate surface area is 366 Å². The van der Waals surface area contributed by atoms with Gasteiger partial charge in [-0.15, -0.1) is 0 Å². The SMILES string of the molecule is Cc1c(COc2nc(OCC3COC3)c(CNCCCC(=O)O)cc2Br)cccc1-c1cccc(COc2nc(OCC3COC3)c(CNCCCC(=O)O)cc2Br)c1C. The second kappa shape index (κ2) is 22.5. The summed E-state index contributed by atoms with van der Waals surface area (Å²) in [4.78, 5) is 31.4. The highest BCUT2D eigenvalue weighted by molar-refractivity contribution is 9.10. The van der Waals surface area contributed by atoms with Crippen molar-refractivity contribution in [3.63, 3.8) is 0 Å². The fourth-order valence-corrected chi connectivity index (χ4v) is 7.54. The highest BCUT2D eigenvalue weighted by atomic mass is 79.9. The minimum absolute atomic E-state index is 0.104. The zero-order valence-electron chi connectivity index (χ0n) is 33.9. The predicted molar refractivity (Wildman–Crippen MR) is 231 cm³/mol. The van der Waals surface area contributed by atoms with Gasteiger partial charge in [-0.3, -0.25) is 9.59 Å². The second-order valence-electron chi connectivity index (χ2n) is 15.0. The van der Waals surface area contributed by atoms with Gasteiger partial charge >= 0.3 is 11.9 Å². The molecular formula is C44H52Br2N4O10. The number of ether oxygens (including phenoxy) is 6. The fourth-order valence-electron chi connectivity index (χ4n) is 6.58. The largest absolute Gasteiger partial charge is 0.481 e. The van der Waals surface area contributed by atoms with E-state index in [9.17, 15) is 9.59 Å². The number of aromatic nitrogens is 2. The molecular weight excluding hydrogens is 904 g/mol. The lowest BCUT2D eigenvalue weighted by Crippen LogP contribution is -2.33. The van der Waals surface area contributed by atoms with Gasteiger partial charge in [0, 0.05) is 48.9 Å². The van der Waals surface area contributed by atoms with Crippen LogP contribution in [0.15, 0.2) is 57.5 Å². The van der Waals surface area contributed by atoms with Crippen LogP contribution in [0, 0.1) is 25.7 Å². The minimum atomic E-state index is -0.816. The van der Waals surface area contributed by atoms with E-state index in [1.165, 1.54) is 0 Å². The molecule has 60 heavy (non-hydrogen) atoms. The topological polar surface area (TPSA) is 180 Å². The summed E-state index contributed by atoms with van der Waals surface area (Å²) >= 11 is 7.30. The molecule has 14 nitrogen and oxygen atoms in total. The summed E-state index contributed by atoms with van der Waals surface area (Å²) in [6.45, 7) is 10.4. The Morgan fingerprint density at radius 1 is 0.650 bits per heavy atom. The third-order valence-corrected chi connectivity index (χ3v) is 11.5. The van der Waals surface area contributed by atoms with Crippen LogP contribution in [0.3, 0.4) is 0 Å². The molecule has 0 unspecified atom stereocenters. The molecule has 2 aliphatic heterocycles. The fraction of sp³-hybridized carbons (Fsp3) is 0.455. The first-order valence-corrected chi connectivity index (χ1v) is 21.7. The quantitative estimate of drug-likeness (QED) is 0.0483. The Bertz CT molecular complexity index is 1950. The Morgan fingerprint density at radius 2 is 1.07 bits per heavy atom. The molecule has 2 aromatic carbocycles. The van der Waals surface area contributed by atoms with E-state index in [1.54, 1.807) is 0 Å². The van der Waals surface area contributed by atoms with Crippen molar-refractivity contribution in [2.75, 3.05) is 52.7 Å². The Balaban J connectivity index is 1.13. The normalized spacial score (nSPS) is 14.0. The predicted octanol–water partition coefficient (Wildman–Crippen LogP) is 7.40. The van der Waals surface area contributed by atoms with Crippen LogP contribution < -0.4 is 29.6 Å². The van der Waals surface area contributed by atoms with E-state index in [-0.39, 0.29) is 26.1 Å². The molecule has 322 valence electrons. The molecule has 4 N–H and O–H groups in total. The van der Waals surface area contributed by atoms with Crippen molar-refractivity contribution in [1.29, 1.82) is 0 Å². The Hall–Kier alpha value is -4.32. The van der Waals surface area contributed by atoms with Gasteiger partial charge in [0.05, 0.1) is 48.6 Å². The molecule has 0 bridgehead atoms. The maximum atomic E-state index is 10.9. The summed E-state index contributed by atoms with van der Waals surface area (Å²) < 4.78 is 37.0. The number of benzene rings is 2. The molecule has 2 aromatic heterocycles. The van der Waals surface area contributed by atoms with Gasteiger partial charge in [0.1, 0.15) is 13.2 Å². The summed E-state index contributed by atoms with van der Waals surface area (Å²) in [7, 11) is 0. The van der Waals surface area contributed by atoms with Gasteiger partial charge in [0.2, 0.25) is 23.5 Å². The molecule has 0 amide bonds. The Kier molecular flexibility index (Phi) is 17.0. The molecule has 0 aliphatic carbocycles. The van der Waals surface area contributed by atoms with Crippen molar-refractivity contribution < 1.29 is 48.2 Å². The molecule has 4 aromatic rings. The van der Waals surface area contributed by atoms with Crippen LogP contribution in [0.4, 0.5) is 0 Å². The number of nitrogens with one attached hydrogen (secondary N) is 2. The van der Waals surface area contributed by atoms with Crippen molar-refractivity contribution in [3.8, 4) is 34.6 Å². The first-order valence-electron chi connectivity index (χ1n) is 20.1. The number of rotatable bonds is 25. The number of halogens is 2. The van der Waals surface area contributed by atoms with E-state index in [0.29, 0.717) is 123 Å². The number of carboxylic acid groups (broad SMARTS) is 2. The first kappa shape index (κ1) is 45.2. The molecule has 2 aliphatic rings. The molecule has 4 heterocycles. The summed E-state index contributed by atoms with van der Waals surface area (Å²) in [5, 5.41) is 24.5. The molecule has 0 spiro atoms. The summed E-state index contributed by atoms with van der Waals surface area (Å²) in [6.07, 6.45) is 1.25. The summed E-state index contributed by atoms with van der Waals surface area (Å²) in [6, 6.07) is 16.2. The highest BCUT2D eigenvalue weighted by Gasteiger charge is 2.23. The molecule has 0 saturated carbocycles. The zero-order chi connectivity index (χ0) is 42.4. The average molecular weight is 957 g/mol. The molecule has 16 heteroatoms. The zero-order valence-corrected chi connectivity index (χ0v) is 37.1. The molecule has 0 atom stereocenters. The lowest BCUT2D eigenvalue weighted by Gasteiger charge is -2.26.